The Morgan fingerprint density at radius 1 is 0.825 bits per heavy atom. The Labute approximate surface area is 232 Å². The number of cyclic esters (lactones) is 1. The molecule has 4 atom stereocenters. The van der Waals surface area contributed by atoms with Crippen molar-refractivity contribution in [2.45, 2.75) is 25.0 Å². The molecule has 1 aliphatic heterocycles. The predicted octanol–water partition coefficient (Wildman–Crippen LogP) is 3.17. The lowest BCUT2D eigenvalue weighted by Crippen LogP contribution is -2.29. The van der Waals surface area contributed by atoms with Crippen molar-refractivity contribution in [3.05, 3.63) is 71.3 Å². The van der Waals surface area contributed by atoms with E-state index in [0.29, 0.717) is 35.7 Å². The van der Waals surface area contributed by atoms with Gasteiger partial charge in [-0.25, -0.2) is 0 Å². The Hall–Kier alpha value is -4.15. The van der Waals surface area contributed by atoms with Crippen LogP contribution in [0.3, 0.4) is 0 Å². The zero-order valence-corrected chi connectivity index (χ0v) is 22.6. The Kier molecular flexibility index (Phi) is 9.23. The molecule has 4 N–H and O–H groups in total. The van der Waals surface area contributed by atoms with Crippen molar-refractivity contribution in [2.24, 2.45) is 11.8 Å². The fourth-order valence-corrected chi connectivity index (χ4v) is 4.86. The molecule has 10 nitrogen and oxygen atoms in total. The molecule has 0 amide bonds. The minimum absolute atomic E-state index is 0.0324. The van der Waals surface area contributed by atoms with Crippen molar-refractivity contribution in [2.75, 3.05) is 34.5 Å². The number of carbonyl (C=O) groups excluding carboxylic acids is 1. The molecule has 0 saturated carbocycles. The highest BCUT2D eigenvalue weighted by Gasteiger charge is 2.37. The summed E-state index contributed by atoms with van der Waals surface area (Å²) in [6.45, 7) is -0.200. The summed E-state index contributed by atoms with van der Waals surface area (Å²) in [7, 11) is 4.36. The van der Waals surface area contributed by atoms with E-state index in [4.69, 9.17) is 23.7 Å². The number of aliphatic hydroxyl groups is 2. The molecule has 0 unspecified atom stereocenters. The van der Waals surface area contributed by atoms with E-state index < -0.39 is 18.8 Å². The smallest absolute Gasteiger partial charge is 0.309 e. The minimum Gasteiger partial charge on any atom is -0.504 e. The van der Waals surface area contributed by atoms with Gasteiger partial charge in [0.2, 0.25) is 0 Å². The summed E-state index contributed by atoms with van der Waals surface area (Å²) in [5, 5.41) is 40.5. The Balaban J connectivity index is 1.48. The number of aliphatic hydroxyl groups excluding tert-OH is 2. The van der Waals surface area contributed by atoms with Gasteiger partial charge in [0.15, 0.2) is 40.6 Å². The molecule has 3 aromatic carbocycles. The van der Waals surface area contributed by atoms with Gasteiger partial charge in [-0.15, -0.1) is 0 Å². The fourth-order valence-electron chi connectivity index (χ4n) is 4.86. The SMILES string of the molecule is COc1cc(C[C@H]2C(=O)OC[C@@H]2Cc2ccc(O[C@@H](CO)[C@@H](O)c3ccc(O)c(OC)c3)c(OC)c2)ccc1O. The van der Waals surface area contributed by atoms with Crippen LogP contribution in [0.5, 0.6) is 34.5 Å². The molecule has 3 aromatic rings. The van der Waals surface area contributed by atoms with Crippen LogP contribution in [-0.4, -0.2) is 67.0 Å². The molecule has 214 valence electrons. The van der Waals surface area contributed by atoms with Gasteiger partial charge < -0.3 is 44.1 Å². The highest BCUT2D eigenvalue weighted by molar-refractivity contribution is 5.75. The number of rotatable bonds is 12. The van der Waals surface area contributed by atoms with Gasteiger partial charge in [-0.3, -0.25) is 4.79 Å². The number of aromatic hydroxyl groups is 2. The first-order valence-corrected chi connectivity index (χ1v) is 12.8. The number of esters is 1. The standard InChI is InChI=1S/C30H34O10/c1-36-25-12-18(4-7-22(25)32)11-21-20(16-39-30(21)35)10-17-5-9-24(27(13-17)38-3)40-28(15-31)29(34)19-6-8-23(33)26(14-19)37-2/h4-9,12-14,20-21,28-29,31-34H,10-11,15-16H2,1-3H3/t20-,21+,28-,29-/m0/s1. The van der Waals surface area contributed by atoms with E-state index in [-0.39, 0.29) is 41.7 Å². The molecule has 1 fully saturated rings. The molecule has 40 heavy (non-hydrogen) atoms. The molecule has 4 rings (SSSR count). The van der Waals surface area contributed by atoms with Crippen LogP contribution in [0.25, 0.3) is 0 Å². The first-order valence-electron chi connectivity index (χ1n) is 12.8. The van der Waals surface area contributed by atoms with Gasteiger partial charge in [-0.1, -0.05) is 18.2 Å². The van der Waals surface area contributed by atoms with E-state index in [2.05, 4.69) is 0 Å². The van der Waals surface area contributed by atoms with Gasteiger partial charge in [0.05, 0.1) is 40.5 Å². The maximum Gasteiger partial charge on any atom is 0.309 e. The zero-order chi connectivity index (χ0) is 28.8. The molecule has 0 spiro atoms. The molecule has 0 bridgehead atoms. The highest BCUT2D eigenvalue weighted by atomic mass is 16.5. The van der Waals surface area contributed by atoms with Crippen LogP contribution >= 0.6 is 0 Å². The molecular formula is C30H34O10. The second kappa shape index (κ2) is 12.8. The number of hydrogen-bond donors (Lipinski definition) is 4. The number of benzene rings is 3. The van der Waals surface area contributed by atoms with Gasteiger partial charge >= 0.3 is 5.97 Å². The normalized spacial score (nSPS) is 18.1. The van der Waals surface area contributed by atoms with Crippen molar-refractivity contribution < 1.29 is 48.9 Å². The van der Waals surface area contributed by atoms with Crippen molar-refractivity contribution >= 4 is 5.97 Å². The number of carbonyl (C=O) groups is 1. The fraction of sp³-hybridized carbons (Fsp3) is 0.367. The van der Waals surface area contributed by atoms with Crippen molar-refractivity contribution in [3.8, 4) is 34.5 Å². The molecule has 1 saturated heterocycles. The van der Waals surface area contributed by atoms with E-state index >= 15 is 0 Å². The van der Waals surface area contributed by atoms with Gasteiger partial charge in [0.1, 0.15) is 6.10 Å². The molecular weight excluding hydrogens is 520 g/mol. The summed E-state index contributed by atoms with van der Waals surface area (Å²) in [5.41, 5.74) is 2.14. The second-order valence-electron chi connectivity index (χ2n) is 9.61. The van der Waals surface area contributed by atoms with Crippen LogP contribution in [-0.2, 0) is 22.4 Å². The molecule has 1 aliphatic rings. The number of phenols is 2. The lowest BCUT2D eigenvalue weighted by atomic mass is 9.85. The Morgan fingerprint density at radius 2 is 1.43 bits per heavy atom. The summed E-state index contributed by atoms with van der Waals surface area (Å²) in [6.07, 6.45) is -1.26. The van der Waals surface area contributed by atoms with E-state index in [1.54, 1.807) is 30.3 Å². The first-order chi connectivity index (χ1) is 19.3. The third-order valence-corrected chi connectivity index (χ3v) is 7.09. The van der Waals surface area contributed by atoms with E-state index in [9.17, 15) is 25.2 Å². The summed E-state index contributed by atoms with van der Waals surface area (Å²) in [5.74, 6) is 0.492. The monoisotopic (exact) mass is 554 g/mol. The quantitative estimate of drug-likeness (QED) is 0.246. The number of ether oxygens (including phenoxy) is 5. The third kappa shape index (κ3) is 6.35. The average Bonchev–Trinajstić information content (AvgIpc) is 3.30. The van der Waals surface area contributed by atoms with Crippen molar-refractivity contribution in [1.29, 1.82) is 0 Å². The van der Waals surface area contributed by atoms with Gasteiger partial charge in [0.25, 0.3) is 0 Å². The zero-order valence-electron chi connectivity index (χ0n) is 22.6. The van der Waals surface area contributed by atoms with Crippen LogP contribution in [0.2, 0.25) is 0 Å². The summed E-state index contributed by atoms with van der Waals surface area (Å²) in [4.78, 5) is 12.6. The van der Waals surface area contributed by atoms with Crippen LogP contribution in [0.15, 0.2) is 54.6 Å². The summed E-state index contributed by atoms with van der Waals surface area (Å²) >= 11 is 0. The van der Waals surface area contributed by atoms with Gasteiger partial charge in [0, 0.05) is 5.92 Å². The van der Waals surface area contributed by atoms with E-state index in [0.717, 1.165) is 11.1 Å². The van der Waals surface area contributed by atoms with E-state index in [1.165, 1.54) is 39.5 Å². The van der Waals surface area contributed by atoms with Gasteiger partial charge in [-0.2, -0.15) is 0 Å². The maximum absolute atomic E-state index is 12.6. The van der Waals surface area contributed by atoms with Crippen molar-refractivity contribution in [1.82, 2.24) is 0 Å². The van der Waals surface area contributed by atoms with Crippen LogP contribution < -0.4 is 18.9 Å². The lowest BCUT2D eigenvalue weighted by molar-refractivity contribution is -0.141. The number of phenolic OH excluding ortho intramolecular Hbond substituents is 2. The van der Waals surface area contributed by atoms with Crippen LogP contribution in [0.4, 0.5) is 0 Å². The summed E-state index contributed by atoms with van der Waals surface area (Å²) < 4.78 is 27.2. The molecule has 1 heterocycles. The molecule has 0 radical (unpaired) electrons. The first kappa shape index (κ1) is 28.8. The average molecular weight is 555 g/mol. The Bertz CT molecular complexity index is 1320. The third-order valence-electron chi connectivity index (χ3n) is 7.09. The van der Waals surface area contributed by atoms with Crippen LogP contribution in [0, 0.1) is 11.8 Å². The minimum atomic E-state index is -1.22. The molecule has 0 aromatic heterocycles. The molecule has 10 heteroatoms. The molecule has 0 aliphatic carbocycles. The number of hydrogen-bond acceptors (Lipinski definition) is 10. The highest BCUT2D eigenvalue weighted by Crippen LogP contribution is 2.36. The lowest BCUT2D eigenvalue weighted by Gasteiger charge is -2.24. The van der Waals surface area contributed by atoms with E-state index in [1.807, 2.05) is 6.07 Å². The van der Waals surface area contributed by atoms with Gasteiger partial charge in [-0.05, 0) is 65.9 Å². The number of methoxy groups -OCH3 is 3. The largest absolute Gasteiger partial charge is 0.504 e. The Morgan fingerprint density at radius 3 is 2.10 bits per heavy atom. The maximum atomic E-state index is 12.6. The van der Waals surface area contributed by atoms with Crippen LogP contribution in [0.1, 0.15) is 22.8 Å². The topological polar surface area (TPSA) is 144 Å². The predicted molar refractivity (Wildman–Crippen MR) is 144 cm³/mol. The second-order valence-corrected chi connectivity index (χ2v) is 9.61. The van der Waals surface area contributed by atoms with Crippen molar-refractivity contribution in [3.63, 3.8) is 0 Å². The summed E-state index contributed by atoms with van der Waals surface area (Å²) in [6, 6.07) is 14.7.